The van der Waals surface area contributed by atoms with E-state index in [1.165, 1.54) is 17.5 Å². The molecule has 0 radical (unpaired) electrons. The van der Waals surface area contributed by atoms with Gasteiger partial charge in [-0.05, 0) is 22.5 Å². The third-order valence-electron chi connectivity index (χ3n) is 4.85. The van der Waals surface area contributed by atoms with Crippen LogP contribution in [0, 0.1) is 5.92 Å². The summed E-state index contributed by atoms with van der Waals surface area (Å²) in [5.74, 6) is 0.698. The van der Waals surface area contributed by atoms with Crippen molar-refractivity contribution in [2.45, 2.75) is 52.5 Å². The minimum atomic E-state index is 0.236. The smallest absolute Gasteiger partial charge is 0.0374 e. The van der Waals surface area contributed by atoms with E-state index in [1.807, 2.05) is 0 Å². The van der Waals surface area contributed by atoms with Gasteiger partial charge in [-0.1, -0.05) is 65.3 Å². The number of nitrogens with zero attached hydrogens (tertiary/aromatic N) is 1. The Labute approximate surface area is 130 Å². The second-order valence-electron chi connectivity index (χ2n) is 7.49. The molecule has 0 amide bonds. The van der Waals surface area contributed by atoms with Crippen molar-refractivity contribution in [1.82, 2.24) is 10.2 Å². The molecule has 1 aromatic carbocycles. The normalized spacial score (nSPS) is 20.2. The Hall–Kier alpha value is -0.860. The van der Waals surface area contributed by atoms with Crippen LogP contribution in [0.5, 0.6) is 0 Å². The van der Waals surface area contributed by atoms with E-state index >= 15 is 0 Å². The molecule has 21 heavy (non-hydrogen) atoms. The first-order valence-corrected chi connectivity index (χ1v) is 8.48. The summed E-state index contributed by atoms with van der Waals surface area (Å²) in [7, 11) is 0. The standard InChI is InChI=1S/C19H32N2/c1-6-15(2)18(21-13-11-20-12-14-21)16-7-9-17(10-8-16)19(3,4)5/h7-10,15,18,20H,6,11-14H2,1-5H3/t15?,18-/m0/s1. The molecule has 0 saturated carbocycles. The fourth-order valence-electron chi connectivity index (χ4n) is 3.26. The summed E-state index contributed by atoms with van der Waals surface area (Å²) in [5, 5.41) is 3.47. The average Bonchev–Trinajstić information content (AvgIpc) is 2.48. The third-order valence-corrected chi connectivity index (χ3v) is 4.85. The Kier molecular flexibility index (Phi) is 5.45. The van der Waals surface area contributed by atoms with Gasteiger partial charge in [-0.25, -0.2) is 0 Å². The van der Waals surface area contributed by atoms with Crippen LogP contribution in [0.1, 0.15) is 58.2 Å². The number of nitrogens with one attached hydrogen (secondary N) is 1. The molecule has 1 aromatic rings. The van der Waals surface area contributed by atoms with Crippen LogP contribution >= 0.6 is 0 Å². The predicted molar refractivity (Wildman–Crippen MR) is 91.8 cm³/mol. The monoisotopic (exact) mass is 288 g/mol. The second kappa shape index (κ2) is 6.93. The molecule has 1 unspecified atom stereocenters. The molecule has 1 fully saturated rings. The lowest BCUT2D eigenvalue weighted by atomic mass is 9.84. The van der Waals surface area contributed by atoms with Crippen LogP contribution in [-0.4, -0.2) is 31.1 Å². The lowest BCUT2D eigenvalue weighted by molar-refractivity contribution is 0.128. The van der Waals surface area contributed by atoms with Crippen molar-refractivity contribution in [2.24, 2.45) is 5.92 Å². The Balaban J connectivity index is 2.24. The molecule has 2 nitrogen and oxygen atoms in total. The van der Waals surface area contributed by atoms with Gasteiger partial charge >= 0.3 is 0 Å². The topological polar surface area (TPSA) is 15.3 Å². The van der Waals surface area contributed by atoms with Crippen LogP contribution in [0.3, 0.4) is 0 Å². The largest absolute Gasteiger partial charge is 0.314 e. The van der Waals surface area contributed by atoms with Gasteiger partial charge in [0.05, 0.1) is 0 Å². The highest BCUT2D eigenvalue weighted by Gasteiger charge is 2.26. The van der Waals surface area contributed by atoms with Crippen molar-refractivity contribution in [2.75, 3.05) is 26.2 Å². The van der Waals surface area contributed by atoms with E-state index in [4.69, 9.17) is 0 Å². The first-order chi connectivity index (χ1) is 9.93. The minimum absolute atomic E-state index is 0.236. The molecule has 1 saturated heterocycles. The highest BCUT2D eigenvalue weighted by molar-refractivity contribution is 5.29. The van der Waals surface area contributed by atoms with Crippen LogP contribution in [0.25, 0.3) is 0 Å². The first kappa shape index (κ1) is 16.5. The van der Waals surface area contributed by atoms with Gasteiger partial charge in [-0.15, -0.1) is 0 Å². The Morgan fingerprint density at radius 3 is 2.14 bits per heavy atom. The predicted octanol–water partition coefficient (Wildman–Crippen LogP) is 3.98. The van der Waals surface area contributed by atoms with Gasteiger partial charge in [-0.3, -0.25) is 4.90 Å². The van der Waals surface area contributed by atoms with Gasteiger partial charge < -0.3 is 5.32 Å². The molecule has 1 aliphatic rings. The summed E-state index contributed by atoms with van der Waals surface area (Å²) in [5.41, 5.74) is 3.15. The first-order valence-electron chi connectivity index (χ1n) is 8.48. The molecule has 2 atom stereocenters. The van der Waals surface area contributed by atoms with Crippen LogP contribution in [-0.2, 0) is 5.41 Å². The van der Waals surface area contributed by atoms with Gasteiger partial charge in [0.2, 0.25) is 0 Å². The van der Waals surface area contributed by atoms with E-state index in [2.05, 4.69) is 69.1 Å². The lowest BCUT2D eigenvalue weighted by Crippen LogP contribution is -2.46. The van der Waals surface area contributed by atoms with Gasteiger partial charge in [0.1, 0.15) is 0 Å². The zero-order chi connectivity index (χ0) is 15.5. The molecular formula is C19H32N2. The summed E-state index contributed by atoms with van der Waals surface area (Å²) in [6.07, 6.45) is 1.23. The molecule has 118 valence electrons. The summed E-state index contributed by atoms with van der Waals surface area (Å²) < 4.78 is 0. The molecule has 0 aliphatic carbocycles. The van der Waals surface area contributed by atoms with Crippen molar-refractivity contribution in [1.29, 1.82) is 0 Å². The van der Waals surface area contributed by atoms with Gasteiger partial charge in [-0.2, -0.15) is 0 Å². The second-order valence-corrected chi connectivity index (χ2v) is 7.49. The van der Waals surface area contributed by atoms with Gasteiger partial charge in [0.25, 0.3) is 0 Å². The number of benzene rings is 1. The third kappa shape index (κ3) is 4.08. The molecule has 2 heteroatoms. The molecule has 1 heterocycles. The number of piperazine rings is 1. The number of rotatable bonds is 4. The van der Waals surface area contributed by atoms with E-state index in [9.17, 15) is 0 Å². The van der Waals surface area contributed by atoms with Gasteiger partial charge in [0.15, 0.2) is 0 Å². The zero-order valence-electron chi connectivity index (χ0n) is 14.4. The quantitative estimate of drug-likeness (QED) is 0.901. The molecule has 0 aromatic heterocycles. The summed E-state index contributed by atoms with van der Waals surface area (Å²) in [6.45, 7) is 16.1. The Morgan fingerprint density at radius 1 is 1.10 bits per heavy atom. The van der Waals surface area contributed by atoms with E-state index in [-0.39, 0.29) is 5.41 Å². The SMILES string of the molecule is CCC(C)[C@@H](c1ccc(C(C)(C)C)cc1)N1CCNCC1. The average molecular weight is 288 g/mol. The lowest BCUT2D eigenvalue weighted by Gasteiger charge is -2.38. The molecule has 0 bridgehead atoms. The maximum Gasteiger partial charge on any atom is 0.0374 e. The molecule has 2 rings (SSSR count). The van der Waals surface area contributed by atoms with Crippen LogP contribution in [0.2, 0.25) is 0 Å². The van der Waals surface area contributed by atoms with Crippen molar-refractivity contribution < 1.29 is 0 Å². The summed E-state index contributed by atoms with van der Waals surface area (Å²) in [6, 6.07) is 9.93. The highest BCUT2D eigenvalue weighted by atomic mass is 15.2. The fourth-order valence-corrected chi connectivity index (χ4v) is 3.26. The minimum Gasteiger partial charge on any atom is -0.314 e. The van der Waals surface area contributed by atoms with Crippen molar-refractivity contribution >= 4 is 0 Å². The van der Waals surface area contributed by atoms with Gasteiger partial charge in [0, 0.05) is 32.2 Å². The maximum atomic E-state index is 3.47. The maximum absolute atomic E-state index is 3.47. The molecule has 0 spiro atoms. The van der Waals surface area contributed by atoms with Crippen molar-refractivity contribution in [3.05, 3.63) is 35.4 Å². The Morgan fingerprint density at radius 2 is 1.67 bits per heavy atom. The van der Waals surface area contributed by atoms with E-state index in [0.29, 0.717) is 12.0 Å². The molecule has 1 N–H and O–H groups in total. The fraction of sp³-hybridized carbons (Fsp3) is 0.684. The van der Waals surface area contributed by atoms with E-state index in [1.54, 1.807) is 0 Å². The van der Waals surface area contributed by atoms with Crippen molar-refractivity contribution in [3.63, 3.8) is 0 Å². The van der Waals surface area contributed by atoms with Crippen LogP contribution in [0.15, 0.2) is 24.3 Å². The van der Waals surface area contributed by atoms with E-state index in [0.717, 1.165) is 26.2 Å². The van der Waals surface area contributed by atoms with Crippen LogP contribution in [0.4, 0.5) is 0 Å². The molecular weight excluding hydrogens is 256 g/mol. The highest BCUT2D eigenvalue weighted by Crippen LogP contribution is 2.32. The van der Waals surface area contributed by atoms with Crippen molar-refractivity contribution in [3.8, 4) is 0 Å². The number of hydrogen-bond donors (Lipinski definition) is 1. The number of hydrogen-bond acceptors (Lipinski definition) is 2. The summed E-state index contributed by atoms with van der Waals surface area (Å²) in [4.78, 5) is 2.66. The van der Waals surface area contributed by atoms with Crippen LogP contribution < -0.4 is 5.32 Å². The Bertz CT molecular complexity index is 424. The molecule has 1 aliphatic heterocycles. The zero-order valence-corrected chi connectivity index (χ0v) is 14.4. The summed E-state index contributed by atoms with van der Waals surface area (Å²) >= 11 is 0. The van der Waals surface area contributed by atoms with E-state index < -0.39 is 0 Å².